The molecule has 6 nitrogen and oxygen atoms in total. The van der Waals surface area contributed by atoms with Gasteiger partial charge in [0.2, 0.25) is 0 Å². The van der Waals surface area contributed by atoms with Crippen molar-refractivity contribution in [3.8, 4) is 0 Å². The third-order valence-electron chi connectivity index (χ3n) is 3.43. The molecule has 7 heteroatoms. The first-order chi connectivity index (χ1) is 10.2. The summed E-state index contributed by atoms with van der Waals surface area (Å²) in [5, 5.41) is 4.52. The Labute approximate surface area is 130 Å². The first-order valence-electron chi connectivity index (χ1n) is 7.26. The molecule has 118 valence electrons. The summed E-state index contributed by atoms with van der Waals surface area (Å²) in [4.78, 5) is 4.64. The molecule has 0 amide bonds. The van der Waals surface area contributed by atoms with E-state index in [1.54, 1.807) is 7.11 Å². The van der Waals surface area contributed by atoms with Gasteiger partial charge in [0.15, 0.2) is 5.65 Å². The van der Waals surface area contributed by atoms with Crippen molar-refractivity contribution in [3.05, 3.63) is 11.5 Å². The lowest BCUT2D eigenvalue weighted by Crippen LogP contribution is -2.10. The summed E-state index contributed by atoms with van der Waals surface area (Å²) >= 11 is 6.03. The van der Waals surface area contributed by atoms with Gasteiger partial charge in [0.25, 0.3) is 0 Å². The van der Waals surface area contributed by atoms with Crippen LogP contribution in [0.1, 0.15) is 24.9 Å². The summed E-state index contributed by atoms with van der Waals surface area (Å²) in [6.45, 7) is 4.87. The minimum Gasteiger partial charge on any atom is -0.382 e. The molecule has 0 aliphatic rings. The molecule has 0 bridgehead atoms. The molecule has 0 fully saturated rings. The molecule has 2 aromatic heterocycles. The summed E-state index contributed by atoms with van der Waals surface area (Å²) in [7, 11) is 3.62. The average Bonchev–Trinajstić information content (AvgIpc) is 3.00. The molecule has 21 heavy (non-hydrogen) atoms. The van der Waals surface area contributed by atoms with E-state index in [-0.39, 0.29) is 0 Å². The number of hydrogen-bond donors (Lipinski definition) is 0. The van der Waals surface area contributed by atoms with Crippen LogP contribution in [0.4, 0.5) is 0 Å². The third kappa shape index (κ3) is 3.56. The van der Waals surface area contributed by atoms with Crippen molar-refractivity contribution in [2.45, 2.75) is 32.2 Å². The SMILES string of the molecule is CCc1nn(C)c2c1nc(CCl)n2CCCOCCOC. The summed E-state index contributed by atoms with van der Waals surface area (Å²) < 4.78 is 14.5. The molecule has 0 spiro atoms. The second kappa shape index (κ2) is 7.77. The van der Waals surface area contributed by atoms with Crippen LogP contribution < -0.4 is 0 Å². The smallest absolute Gasteiger partial charge is 0.158 e. The van der Waals surface area contributed by atoms with Gasteiger partial charge in [-0.25, -0.2) is 4.98 Å². The Morgan fingerprint density at radius 1 is 1.24 bits per heavy atom. The Hall–Kier alpha value is -1.11. The maximum absolute atomic E-state index is 6.03. The Balaban J connectivity index is 2.09. The van der Waals surface area contributed by atoms with Crippen LogP contribution in [0.2, 0.25) is 0 Å². The van der Waals surface area contributed by atoms with Crippen molar-refractivity contribution in [2.24, 2.45) is 7.05 Å². The van der Waals surface area contributed by atoms with Crippen molar-refractivity contribution in [1.82, 2.24) is 19.3 Å². The van der Waals surface area contributed by atoms with Gasteiger partial charge in [-0.3, -0.25) is 4.68 Å². The van der Waals surface area contributed by atoms with Crippen LogP contribution in [0.25, 0.3) is 11.2 Å². The van der Waals surface area contributed by atoms with Crippen LogP contribution in [-0.2, 0) is 35.4 Å². The highest BCUT2D eigenvalue weighted by molar-refractivity contribution is 6.16. The lowest BCUT2D eigenvalue weighted by Gasteiger charge is -2.08. The van der Waals surface area contributed by atoms with Gasteiger partial charge in [-0.05, 0) is 12.8 Å². The Morgan fingerprint density at radius 3 is 2.71 bits per heavy atom. The monoisotopic (exact) mass is 314 g/mol. The van der Waals surface area contributed by atoms with E-state index in [0.29, 0.717) is 25.7 Å². The fraction of sp³-hybridized carbons (Fsp3) is 0.714. The van der Waals surface area contributed by atoms with Crippen LogP contribution in [0.3, 0.4) is 0 Å². The van der Waals surface area contributed by atoms with Gasteiger partial charge in [-0.2, -0.15) is 5.10 Å². The van der Waals surface area contributed by atoms with Crippen LogP contribution >= 0.6 is 11.6 Å². The van der Waals surface area contributed by atoms with Crippen LogP contribution in [0, 0.1) is 0 Å². The molecule has 0 atom stereocenters. The van der Waals surface area contributed by atoms with E-state index in [1.165, 1.54) is 0 Å². The Kier molecular flexibility index (Phi) is 6.02. The molecule has 0 saturated heterocycles. The number of alkyl halides is 1. The zero-order valence-corrected chi connectivity index (χ0v) is 13.7. The van der Waals surface area contributed by atoms with Crippen LogP contribution in [0.15, 0.2) is 0 Å². The van der Waals surface area contributed by atoms with Gasteiger partial charge in [0, 0.05) is 27.3 Å². The Morgan fingerprint density at radius 2 is 2.05 bits per heavy atom. The number of aromatic nitrogens is 4. The highest BCUT2D eigenvalue weighted by Gasteiger charge is 2.17. The average molecular weight is 315 g/mol. The van der Waals surface area contributed by atoms with Crippen LogP contribution in [-0.4, -0.2) is 46.3 Å². The van der Waals surface area contributed by atoms with E-state index in [4.69, 9.17) is 21.1 Å². The number of methoxy groups -OCH3 is 1. The normalized spacial score (nSPS) is 11.6. The summed E-state index contributed by atoms with van der Waals surface area (Å²) in [5.74, 6) is 1.30. The Bertz CT molecular complexity index is 579. The number of hydrogen-bond acceptors (Lipinski definition) is 4. The standard InChI is InChI=1S/C14H23ClN4O2/c1-4-11-13-14(18(2)17-11)19(12(10-15)16-13)6-5-7-21-9-8-20-3/h4-10H2,1-3H3. The van der Waals surface area contributed by atoms with Gasteiger partial charge in [-0.15, -0.1) is 11.6 Å². The highest BCUT2D eigenvalue weighted by Crippen LogP contribution is 2.21. The quantitative estimate of drug-likeness (QED) is 0.525. The summed E-state index contributed by atoms with van der Waals surface area (Å²) in [5.41, 5.74) is 3.03. The number of nitrogens with zero attached hydrogens (tertiary/aromatic N) is 4. The number of ether oxygens (including phenoxy) is 2. The lowest BCUT2D eigenvalue weighted by molar-refractivity contribution is 0.0680. The number of imidazole rings is 1. The highest BCUT2D eigenvalue weighted by atomic mass is 35.5. The number of rotatable bonds is 9. The topological polar surface area (TPSA) is 54.1 Å². The second-order valence-electron chi connectivity index (χ2n) is 4.87. The van der Waals surface area contributed by atoms with Gasteiger partial charge in [0.1, 0.15) is 11.3 Å². The van der Waals surface area contributed by atoms with E-state index in [2.05, 4.69) is 21.6 Å². The number of halogens is 1. The molecule has 0 aliphatic heterocycles. The molecule has 0 radical (unpaired) electrons. The molecule has 0 saturated carbocycles. The first-order valence-corrected chi connectivity index (χ1v) is 7.80. The molecule has 0 aliphatic carbocycles. The van der Waals surface area contributed by atoms with Crippen molar-refractivity contribution in [2.75, 3.05) is 26.9 Å². The van der Waals surface area contributed by atoms with Crippen molar-refractivity contribution in [1.29, 1.82) is 0 Å². The molecular weight excluding hydrogens is 292 g/mol. The molecule has 0 aromatic carbocycles. The molecule has 2 rings (SSSR count). The summed E-state index contributed by atoms with van der Waals surface area (Å²) in [6.07, 6.45) is 1.78. The molecule has 2 heterocycles. The van der Waals surface area contributed by atoms with Crippen LogP contribution in [0.5, 0.6) is 0 Å². The first kappa shape index (κ1) is 16.3. The van der Waals surface area contributed by atoms with E-state index in [1.807, 2.05) is 11.7 Å². The molecular formula is C14H23ClN4O2. The predicted octanol–water partition coefficient (Wildman–Crippen LogP) is 2.12. The van der Waals surface area contributed by atoms with Crippen molar-refractivity contribution < 1.29 is 9.47 Å². The van der Waals surface area contributed by atoms with Crippen molar-refractivity contribution in [3.63, 3.8) is 0 Å². The fourth-order valence-corrected chi connectivity index (χ4v) is 2.64. The predicted molar refractivity (Wildman–Crippen MR) is 82.7 cm³/mol. The van der Waals surface area contributed by atoms with Gasteiger partial charge in [0.05, 0.1) is 24.8 Å². The van der Waals surface area contributed by atoms with Gasteiger partial charge >= 0.3 is 0 Å². The van der Waals surface area contributed by atoms with E-state index >= 15 is 0 Å². The van der Waals surface area contributed by atoms with Crippen molar-refractivity contribution >= 4 is 22.8 Å². The largest absolute Gasteiger partial charge is 0.382 e. The summed E-state index contributed by atoms with van der Waals surface area (Å²) in [6, 6.07) is 0. The maximum atomic E-state index is 6.03. The second-order valence-corrected chi connectivity index (χ2v) is 5.14. The van der Waals surface area contributed by atoms with E-state index in [9.17, 15) is 0 Å². The molecule has 0 N–H and O–H groups in total. The third-order valence-corrected chi connectivity index (χ3v) is 3.67. The fourth-order valence-electron chi connectivity index (χ4n) is 2.43. The number of aryl methyl sites for hydroxylation is 3. The lowest BCUT2D eigenvalue weighted by atomic mass is 10.3. The zero-order valence-electron chi connectivity index (χ0n) is 12.9. The van der Waals surface area contributed by atoms with Gasteiger partial charge < -0.3 is 14.0 Å². The zero-order chi connectivity index (χ0) is 15.2. The van der Waals surface area contributed by atoms with E-state index in [0.717, 1.165) is 42.1 Å². The molecule has 2 aromatic rings. The number of fused-ring (bicyclic) bond motifs is 1. The maximum Gasteiger partial charge on any atom is 0.158 e. The minimum atomic E-state index is 0.405. The molecule has 0 unspecified atom stereocenters. The van der Waals surface area contributed by atoms with Gasteiger partial charge in [-0.1, -0.05) is 6.92 Å². The van der Waals surface area contributed by atoms with E-state index < -0.39 is 0 Å². The minimum absolute atomic E-state index is 0.405.